The summed E-state index contributed by atoms with van der Waals surface area (Å²) in [6, 6.07) is 0.662. The highest BCUT2D eigenvalue weighted by atomic mass is 16.3. The molecule has 1 aromatic rings. The van der Waals surface area contributed by atoms with Crippen LogP contribution in [-0.2, 0) is 5.60 Å². The Hall–Kier alpha value is -1.67. The predicted molar refractivity (Wildman–Crippen MR) is 82.6 cm³/mol. The van der Waals surface area contributed by atoms with Crippen molar-refractivity contribution in [2.75, 3.05) is 26.2 Å². The van der Waals surface area contributed by atoms with Gasteiger partial charge in [0, 0.05) is 31.6 Å². The third-order valence-electron chi connectivity index (χ3n) is 5.59. The third-order valence-corrected chi connectivity index (χ3v) is 5.59. The van der Waals surface area contributed by atoms with Crippen LogP contribution in [0.1, 0.15) is 37.8 Å². The molecule has 2 amide bonds. The summed E-state index contributed by atoms with van der Waals surface area (Å²) in [4.78, 5) is 16.8. The molecule has 0 aliphatic carbocycles. The SMILES string of the molecule is O=C(NC1CCN2CCCCC12)N1CCC(O)(c2cn[nH]n2)C1. The number of amides is 2. The number of β-amino-alcohol motifs (C(OH)–C–C–N with tert-alkyl or cyclic N) is 1. The molecule has 0 radical (unpaired) electrons. The number of aromatic amines is 1. The normalized spacial score (nSPS) is 34.6. The number of hydrogen-bond donors (Lipinski definition) is 3. The standard InChI is InChI=1S/C15H24N6O2/c22-14(17-11-4-7-20-6-2-1-3-12(11)20)21-8-5-15(23,10-21)13-9-16-19-18-13/h9,11-12,23H,1-8,10H2,(H,17,22)(H,16,18,19). The zero-order valence-electron chi connectivity index (χ0n) is 13.2. The molecule has 8 nitrogen and oxygen atoms in total. The Morgan fingerprint density at radius 2 is 2.26 bits per heavy atom. The van der Waals surface area contributed by atoms with Crippen molar-refractivity contribution in [3.63, 3.8) is 0 Å². The van der Waals surface area contributed by atoms with Gasteiger partial charge >= 0.3 is 6.03 Å². The van der Waals surface area contributed by atoms with E-state index in [9.17, 15) is 9.90 Å². The van der Waals surface area contributed by atoms with Gasteiger partial charge in [0.2, 0.25) is 0 Å². The number of nitrogens with zero attached hydrogens (tertiary/aromatic N) is 4. The molecule has 4 rings (SSSR count). The Kier molecular flexibility index (Phi) is 3.73. The summed E-state index contributed by atoms with van der Waals surface area (Å²) in [6.07, 6.45) is 6.74. The number of H-pyrrole nitrogens is 1. The van der Waals surface area contributed by atoms with Crippen molar-refractivity contribution in [2.45, 2.75) is 49.8 Å². The van der Waals surface area contributed by atoms with E-state index in [1.54, 1.807) is 4.90 Å². The van der Waals surface area contributed by atoms with Crippen molar-refractivity contribution in [1.29, 1.82) is 0 Å². The predicted octanol–water partition coefficient (Wildman–Crippen LogP) is 0.0344. The Labute approximate surface area is 135 Å². The van der Waals surface area contributed by atoms with E-state index < -0.39 is 5.60 Å². The van der Waals surface area contributed by atoms with Crippen molar-refractivity contribution in [3.05, 3.63) is 11.9 Å². The van der Waals surface area contributed by atoms with Crippen LogP contribution in [0.4, 0.5) is 4.79 Å². The molecule has 0 spiro atoms. The highest BCUT2D eigenvalue weighted by Crippen LogP contribution is 2.31. The first-order valence-electron chi connectivity index (χ1n) is 8.54. The van der Waals surface area contributed by atoms with Gasteiger partial charge in [-0.15, -0.1) is 0 Å². The molecule has 3 atom stereocenters. The minimum atomic E-state index is -1.09. The van der Waals surface area contributed by atoms with Crippen LogP contribution in [0, 0.1) is 0 Å². The number of carbonyl (C=O) groups is 1. The van der Waals surface area contributed by atoms with Gasteiger partial charge < -0.3 is 15.3 Å². The molecule has 23 heavy (non-hydrogen) atoms. The zero-order valence-corrected chi connectivity index (χ0v) is 13.2. The molecule has 3 fully saturated rings. The number of nitrogens with one attached hydrogen (secondary N) is 2. The van der Waals surface area contributed by atoms with E-state index >= 15 is 0 Å². The van der Waals surface area contributed by atoms with E-state index in [0.29, 0.717) is 24.7 Å². The number of likely N-dealkylation sites (tertiary alicyclic amines) is 1. The largest absolute Gasteiger partial charge is 0.381 e. The fraction of sp³-hybridized carbons (Fsp3) is 0.800. The number of carbonyl (C=O) groups excluding carboxylic acids is 1. The van der Waals surface area contributed by atoms with Gasteiger partial charge in [0.15, 0.2) is 0 Å². The van der Waals surface area contributed by atoms with Gasteiger partial charge in [0.05, 0.1) is 12.7 Å². The molecule has 3 saturated heterocycles. The van der Waals surface area contributed by atoms with E-state index in [2.05, 4.69) is 25.6 Å². The minimum Gasteiger partial charge on any atom is -0.381 e. The van der Waals surface area contributed by atoms with Gasteiger partial charge in [-0.05, 0) is 25.8 Å². The monoisotopic (exact) mass is 320 g/mol. The van der Waals surface area contributed by atoms with Gasteiger partial charge in [-0.1, -0.05) is 6.42 Å². The van der Waals surface area contributed by atoms with Gasteiger partial charge in [0.25, 0.3) is 0 Å². The summed E-state index contributed by atoms with van der Waals surface area (Å²) < 4.78 is 0. The summed E-state index contributed by atoms with van der Waals surface area (Å²) in [5.74, 6) is 0. The Bertz CT molecular complexity index is 564. The number of aromatic nitrogens is 3. The third kappa shape index (κ3) is 2.70. The van der Waals surface area contributed by atoms with E-state index in [-0.39, 0.29) is 18.6 Å². The molecule has 0 saturated carbocycles. The summed E-state index contributed by atoms with van der Waals surface area (Å²) >= 11 is 0. The maximum atomic E-state index is 12.6. The lowest BCUT2D eigenvalue weighted by Gasteiger charge is -2.33. The molecule has 3 aliphatic rings. The summed E-state index contributed by atoms with van der Waals surface area (Å²) in [7, 11) is 0. The fourth-order valence-corrected chi connectivity index (χ4v) is 4.27. The molecule has 3 unspecified atom stereocenters. The molecule has 1 aromatic heterocycles. The van der Waals surface area contributed by atoms with Crippen LogP contribution in [0.15, 0.2) is 6.20 Å². The molecular formula is C15H24N6O2. The molecule has 126 valence electrons. The molecule has 3 N–H and O–H groups in total. The van der Waals surface area contributed by atoms with Crippen LogP contribution in [0.3, 0.4) is 0 Å². The zero-order chi connectivity index (χ0) is 15.9. The second-order valence-corrected chi connectivity index (χ2v) is 7.00. The van der Waals surface area contributed by atoms with Crippen LogP contribution >= 0.6 is 0 Å². The highest BCUT2D eigenvalue weighted by molar-refractivity contribution is 5.75. The lowest BCUT2D eigenvalue weighted by molar-refractivity contribution is 0.0446. The molecule has 4 heterocycles. The van der Waals surface area contributed by atoms with Crippen LogP contribution in [-0.4, -0.2) is 74.6 Å². The second-order valence-electron chi connectivity index (χ2n) is 7.00. The number of hydrogen-bond acceptors (Lipinski definition) is 5. The number of urea groups is 1. The minimum absolute atomic E-state index is 0.0677. The average Bonchev–Trinajstić information content (AvgIpc) is 3.27. The molecule has 0 bridgehead atoms. The Morgan fingerprint density at radius 1 is 1.35 bits per heavy atom. The van der Waals surface area contributed by atoms with Crippen molar-refractivity contribution < 1.29 is 9.90 Å². The van der Waals surface area contributed by atoms with Crippen LogP contribution in [0.2, 0.25) is 0 Å². The van der Waals surface area contributed by atoms with Crippen molar-refractivity contribution in [1.82, 2.24) is 30.5 Å². The molecule has 0 aromatic carbocycles. The van der Waals surface area contributed by atoms with Crippen molar-refractivity contribution in [3.8, 4) is 0 Å². The van der Waals surface area contributed by atoms with Gasteiger partial charge in [0.1, 0.15) is 11.3 Å². The van der Waals surface area contributed by atoms with E-state index in [4.69, 9.17) is 0 Å². The Morgan fingerprint density at radius 3 is 3.09 bits per heavy atom. The number of piperidine rings is 1. The van der Waals surface area contributed by atoms with Crippen LogP contribution in [0.5, 0.6) is 0 Å². The van der Waals surface area contributed by atoms with Crippen molar-refractivity contribution in [2.24, 2.45) is 0 Å². The first kappa shape index (κ1) is 14.9. The topological polar surface area (TPSA) is 97.4 Å². The van der Waals surface area contributed by atoms with Gasteiger partial charge in [-0.3, -0.25) is 4.90 Å². The first-order chi connectivity index (χ1) is 11.2. The number of rotatable bonds is 2. The van der Waals surface area contributed by atoms with Crippen molar-refractivity contribution >= 4 is 6.03 Å². The smallest absolute Gasteiger partial charge is 0.317 e. The molecule has 8 heteroatoms. The lowest BCUT2D eigenvalue weighted by atomic mass is 9.99. The highest BCUT2D eigenvalue weighted by Gasteiger charge is 2.43. The quantitative estimate of drug-likeness (QED) is 0.714. The van der Waals surface area contributed by atoms with E-state index in [0.717, 1.165) is 19.5 Å². The second kappa shape index (κ2) is 5.76. The summed E-state index contributed by atoms with van der Waals surface area (Å²) in [5.41, 5.74) is -0.580. The van der Waals surface area contributed by atoms with E-state index in [1.807, 2.05) is 0 Å². The maximum absolute atomic E-state index is 12.6. The molecule has 3 aliphatic heterocycles. The lowest BCUT2D eigenvalue weighted by Crippen LogP contribution is -2.50. The Balaban J connectivity index is 1.37. The number of fused-ring (bicyclic) bond motifs is 1. The van der Waals surface area contributed by atoms with Gasteiger partial charge in [-0.25, -0.2) is 4.79 Å². The average molecular weight is 320 g/mol. The van der Waals surface area contributed by atoms with Crippen LogP contribution in [0.25, 0.3) is 0 Å². The molecular weight excluding hydrogens is 296 g/mol. The van der Waals surface area contributed by atoms with Crippen LogP contribution < -0.4 is 5.32 Å². The van der Waals surface area contributed by atoms with E-state index in [1.165, 1.54) is 25.5 Å². The first-order valence-corrected chi connectivity index (χ1v) is 8.54. The fourth-order valence-electron chi connectivity index (χ4n) is 4.27. The summed E-state index contributed by atoms with van der Waals surface area (Å²) in [6.45, 7) is 3.05. The summed E-state index contributed by atoms with van der Waals surface area (Å²) in [5, 5.41) is 24.1. The number of aliphatic hydroxyl groups is 1. The van der Waals surface area contributed by atoms with Gasteiger partial charge in [-0.2, -0.15) is 15.4 Å². The maximum Gasteiger partial charge on any atom is 0.317 e.